The molecule has 19 heavy (non-hydrogen) atoms. The van der Waals surface area contributed by atoms with Crippen LogP contribution in [-0.2, 0) is 11.2 Å². The lowest BCUT2D eigenvalue weighted by Gasteiger charge is -2.35. The number of nitrogens with zero attached hydrogens (tertiary/aromatic N) is 1. The SMILES string of the molecule is CNCCC(=O)N1CCc2c(F)cc(F)cc2C1C. The monoisotopic (exact) mass is 268 g/mol. The summed E-state index contributed by atoms with van der Waals surface area (Å²) >= 11 is 0. The fraction of sp³-hybridized carbons (Fsp3) is 0.500. The zero-order valence-electron chi connectivity index (χ0n) is 11.2. The molecular weight excluding hydrogens is 250 g/mol. The van der Waals surface area contributed by atoms with Crippen molar-refractivity contribution in [3.8, 4) is 0 Å². The third kappa shape index (κ3) is 2.76. The van der Waals surface area contributed by atoms with Crippen LogP contribution >= 0.6 is 0 Å². The molecule has 1 heterocycles. The summed E-state index contributed by atoms with van der Waals surface area (Å²) < 4.78 is 27.0. The standard InChI is InChI=1S/C14H18F2N2O/c1-9-12-7-10(15)8-13(16)11(12)4-6-18(9)14(19)3-5-17-2/h7-9,17H,3-6H2,1-2H3. The molecular formula is C14H18F2N2O. The number of halogens is 2. The van der Waals surface area contributed by atoms with Crippen molar-refractivity contribution < 1.29 is 13.6 Å². The summed E-state index contributed by atoms with van der Waals surface area (Å²) in [5.41, 5.74) is 1.12. The van der Waals surface area contributed by atoms with Crippen LogP contribution < -0.4 is 5.32 Å². The quantitative estimate of drug-likeness (QED) is 0.909. The molecule has 1 N–H and O–H groups in total. The van der Waals surface area contributed by atoms with Gasteiger partial charge in [0.15, 0.2) is 0 Å². The molecule has 2 rings (SSSR count). The molecule has 1 amide bonds. The maximum atomic E-state index is 13.7. The van der Waals surface area contributed by atoms with E-state index in [0.29, 0.717) is 37.1 Å². The molecule has 0 aromatic heterocycles. The molecule has 5 heteroatoms. The number of fused-ring (bicyclic) bond motifs is 1. The smallest absolute Gasteiger partial charge is 0.224 e. The van der Waals surface area contributed by atoms with Gasteiger partial charge in [-0.2, -0.15) is 0 Å². The van der Waals surface area contributed by atoms with E-state index in [2.05, 4.69) is 5.32 Å². The van der Waals surface area contributed by atoms with Crippen LogP contribution in [0, 0.1) is 11.6 Å². The van der Waals surface area contributed by atoms with Crippen molar-refractivity contribution in [1.29, 1.82) is 0 Å². The average molecular weight is 268 g/mol. The van der Waals surface area contributed by atoms with Crippen LogP contribution in [0.1, 0.15) is 30.5 Å². The predicted octanol–water partition coefficient (Wildman–Crippen LogP) is 2.02. The lowest BCUT2D eigenvalue weighted by molar-refractivity contribution is -0.133. The Morgan fingerprint density at radius 3 is 2.89 bits per heavy atom. The first kappa shape index (κ1) is 13.9. The maximum Gasteiger partial charge on any atom is 0.224 e. The van der Waals surface area contributed by atoms with Crippen molar-refractivity contribution in [3.63, 3.8) is 0 Å². The molecule has 1 atom stereocenters. The van der Waals surface area contributed by atoms with Crippen molar-refractivity contribution in [2.45, 2.75) is 25.8 Å². The van der Waals surface area contributed by atoms with E-state index in [9.17, 15) is 13.6 Å². The molecule has 0 spiro atoms. The molecule has 1 aliphatic heterocycles. The number of benzene rings is 1. The van der Waals surface area contributed by atoms with E-state index in [4.69, 9.17) is 0 Å². The van der Waals surface area contributed by atoms with E-state index in [1.54, 1.807) is 11.9 Å². The zero-order chi connectivity index (χ0) is 14.0. The van der Waals surface area contributed by atoms with Crippen molar-refractivity contribution in [2.75, 3.05) is 20.1 Å². The molecule has 0 saturated carbocycles. The normalized spacial score (nSPS) is 18.3. The Labute approximate surface area is 111 Å². The van der Waals surface area contributed by atoms with Gasteiger partial charge in [-0.05, 0) is 37.6 Å². The van der Waals surface area contributed by atoms with Gasteiger partial charge in [0.25, 0.3) is 0 Å². The van der Waals surface area contributed by atoms with Crippen LogP contribution in [0.15, 0.2) is 12.1 Å². The highest BCUT2D eigenvalue weighted by molar-refractivity contribution is 5.77. The number of hydrogen-bond donors (Lipinski definition) is 1. The summed E-state index contributed by atoms with van der Waals surface area (Å²) in [4.78, 5) is 13.7. The Morgan fingerprint density at radius 1 is 1.47 bits per heavy atom. The van der Waals surface area contributed by atoms with Crippen LogP contribution in [-0.4, -0.2) is 30.9 Å². The first-order valence-electron chi connectivity index (χ1n) is 6.46. The van der Waals surface area contributed by atoms with Crippen LogP contribution in [0.3, 0.4) is 0 Å². The predicted molar refractivity (Wildman–Crippen MR) is 68.7 cm³/mol. The van der Waals surface area contributed by atoms with Crippen LogP contribution in [0.4, 0.5) is 8.78 Å². The Balaban J connectivity index is 2.24. The number of rotatable bonds is 3. The number of carbonyl (C=O) groups excluding carboxylic acids is 1. The third-order valence-electron chi connectivity index (χ3n) is 3.62. The largest absolute Gasteiger partial charge is 0.336 e. The van der Waals surface area contributed by atoms with Crippen molar-refractivity contribution in [1.82, 2.24) is 10.2 Å². The fourth-order valence-corrected chi connectivity index (χ4v) is 2.57. The van der Waals surface area contributed by atoms with Gasteiger partial charge >= 0.3 is 0 Å². The van der Waals surface area contributed by atoms with Crippen LogP contribution in [0.25, 0.3) is 0 Å². The lowest BCUT2D eigenvalue weighted by atomic mass is 9.92. The van der Waals surface area contributed by atoms with Gasteiger partial charge < -0.3 is 10.2 Å². The molecule has 0 saturated heterocycles. The van der Waals surface area contributed by atoms with Crippen LogP contribution in [0.2, 0.25) is 0 Å². The van der Waals surface area contributed by atoms with E-state index in [1.807, 2.05) is 6.92 Å². The summed E-state index contributed by atoms with van der Waals surface area (Å²) in [5, 5.41) is 2.92. The zero-order valence-corrected chi connectivity index (χ0v) is 11.2. The maximum absolute atomic E-state index is 13.7. The van der Waals surface area contributed by atoms with Crippen molar-refractivity contribution >= 4 is 5.91 Å². The van der Waals surface area contributed by atoms with Gasteiger partial charge in [0.2, 0.25) is 5.91 Å². The molecule has 0 bridgehead atoms. The van der Waals surface area contributed by atoms with Gasteiger partial charge in [0.05, 0.1) is 6.04 Å². The summed E-state index contributed by atoms with van der Waals surface area (Å²) in [7, 11) is 1.78. The van der Waals surface area contributed by atoms with E-state index in [1.165, 1.54) is 6.07 Å². The molecule has 0 radical (unpaired) electrons. The number of hydrogen-bond acceptors (Lipinski definition) is 2. The lowest BCUT2D eigenvalue weighted by Crippen LogP contribution is -2.40. The van der Waals surface area contributed by atoms with Gasteiger partial charge in [-0.3, -0.25) is 4.79 Å². The number of carbonyl (C=O) groups is 1. The van der Waals surface area contributed by atoms with Crippen LogP contribution in [0.5, 0.6) is 0 Å². The molecule has 0 fully saturated rings. The summed E-state index contributed by atoms with van der Waals surface area (Å²) in [5.74, 6) is -1.09. The average Bonchev–Trinajstić information content (AvgIpc) is 2.37. The third-order valence-corrected chi connectivity index (χ3v) is 3.62. The second-order valence-electron chi connectivity index (χ2n) is 4.82. The molecule has 1 aromatic rings. The van der Waals surface area contributed by atoms with Gasteiger partial charge in [0.1, 0.15) is 11.6 Å². The van der Waals surface area contributed by atoms with Gasteiger partial charge in [-0.25, -0.2) is 8.78 Å². The number of amides is 1. The Hall–Kier alpha value is -1.49. The molecule has 1 unspecified atom stereocenters. The minimum Gasteiger partial charge on any atom is -0.336 e. The first-order chi connectivity index (χ1) is 9.04. The molecule has 104 valence electrons. The highest BCUT2D eigenvalue weighted by Crippen LogP contribution is 2.31. The van der Waals surface area contributed by atoms with E-state index < -0.39 is 11.6 Å². The number of nitrogens with one attached hydrogen (secondary N) is 1. The van der Waals surface area contributed by atoms with E-state index in [0.717, 1.165) is 6.07 Å². The minimum atomic E-state index is -0.590. The minimum absolute atomic E-state index is 0.0113. The molecule has 0 aliphatic carbocycles. The van der Waals surface area contributed by atoms with Crippen molar-refractivity contribution in [3.05, 3.63) is 34.9 Å². The van der Waals surface area contributed by atoms with Gasteiger partial charge in [-0.1, -0.05) is 0 Å². The second-order valence-corrected chi connectivity index (χ2v) is 4.82. The Kier molecular flexibility index (Phi) is 4.14. The molecule has 1 aromatic carbocycles. The molecule has 3 nitrogen and oxygen atoms in total. The highest BCUT2D eigenvalue weighted by Gasteiger charge is 2.29. The highest BCUT2D eigenvalue weighted by atomic mass is 19.1. The Morgan fingerprint density at radius 2 is 2.21 bits per heavy atom. The summed E-state index contributed by atoms with van der Waals surface area (Å²) in [6.45, 7) is 2.90. The topological polar surface area (TPSA) is 32.3 Å². The fourth-order valence-electron chi connectivity index (χ4n) is 2.57. The summed E-state index contributed by atoms with van der Waals surface area (Å²) in [6, 6.07) is 1.96. The van der Waals surface area contributed by atoms with Gasteiger partial charge in [0, 0.05) is 25.6 Å². The molecule has 1 aliphatic rings. The van der Waals surface area contributed by atoms with Crippen molar-refractivity contribution in [2.24, 2.45) is 0 Å². The Bertz CT molecular complexity index is 491. The van der Waals surface area contributed by atoms with Gasteiger partial charge in [-0.15, -0.1) is 0 Å². The second kappa shape index (κ2) is 5.65. The summed E-state index contributed by atoms with van der Waals surface area (Å²) in [6.07, 6.45) is 0.838. The van der Waals surface area contributed by atoms with E-state index in [-0.39, 0.29) is 11.9 Å². The first-order valence-corrected chi connectivity index (χ1v) is 6.46. The van der Waals surface area contributed by atoms with E-state index >= 15 is 0 Å².